The van der Waals surface area contributed by atoms with Gasteiger partial charge in [0.2, 0.25) is 26.0 Å². The van der Waals surface area contributed by atoms with E-state index in [4.69, 9.17) is 5.14 Å². The van der Waals surface area contributed by atoms with E-state index in [1.807, 2.05) is 12.1 Å². The van der Waals surface area contributed by atoms with E-state index in [2.05, 4.69) is 5.32 Å². The van der Waals surface area contributed by atoms with E-state index in [1.54, 1.807) is 12.1 Å². The SMILES string of the molecule is NS(=O)(=O)c1ccc(NC(=O)C2Cc3ccccc3CN2S(=O)(=O)c2ccc(F)cc2)cc1. The van der Waals surface area contributed by atoms with E-state index in [-0.39, 0.29) is 28.4 Å². The van der Waals surface area contributed by atoms with Gasteiger partial charge in [-0.1, -0.05) is 24.3 Å². The van der Waals surface area contributed by atoms with E-state index in [1.165, 1.54) is 24.3 Å². The predicted molar refractivity (Wildman–Crippen MR) is 120 cm³/mol. The van der Waals surface area contributed by atoms with Crippen LogP contribution < -0.4 is 10.5 Å². The average Bonchev–Trinajstić information content (AvgIpc) is 2.78. The van der Waals surface area contributed by atoms with Crippen molar-refractivity contribution in [2.45, 2.75) is 28.8 Å². The molecule has 0 saturated heterocycles. The molecule has 8 nitrogen and oxygen atoms in total. The Morgan fingerprint density at radius 2 is 1.45 bits per heavy atom. The highest BCUT2D eigenvalue weighted by Crippen LogP contribution is 2.30. The number of nitrogens with zero attached hydrogens (tertiary/aromatic N) is 1. The van der Waals surface area contributed by atoms with Crippen molar-refractivity contribution in [2.24, 2.45) is 5.14 Å². The number of nitrogens with one attached hydrogen (secondary N) is 1. The smallest absolute Gasteiger partial charge is 0.244 e. The summed E-state index contributed by atoms with van der Waals surface area (Å²) in [6.07, 6.45) is 0.137. The van der Waals surface area contributed by atoms with Gasteiger partial charge in [0.25, 0.3) is 0 Å². The first kappa shape index (κ1) is 23.1. The van der Waals surface area contributed by atoms with Gasteiger partial charge in [-0.3, -0.25) is 4.79 Å². The van der Waals surface area contributed by atoms with Crippen molar-refractivity contribution in [3.8, 4) is 0 Å². The summed E-state index contributed by atoms with van der Waals surface area (Å²) >= 11 is 0. The molecule has 1 atom stereocenters. The summed E-state index contributed by atoms with van der Waals surface area (Å²) in [5.41, 5.74) is 1.89. The van der Waals surface area contributed by atoms with Crippen LogP contribution in [-0.2, 0) is 37.8 Å². The highest BCUT2D eigenvalue weighted by Gasteiger charge is 2.39. The topological polar surface area (TPSA) is 127 Å². The summed E-state index contributed by atoms with van der Waals surface area (Å²) in [5.74, 6) is -1.16. The number of hydrogen-bond donors (Lipinski definition) is 2. The molecule has 1 aliphatic heterocycles. The molecule has 172 valence electrons. The van der Waals surface area contributed by atoms with E-state index in [9.17, 15) is 26.0 Å². The minimum absolute atomic E-state index is 0.0294. The fourth-order valence-electron chi connectivity index (χ4n) is 3.67. The van der Waals surface area contributed by atoms with Gasteiger partial charge in [0.1, 0.15) is 11.9 Å². The molecular formula is C22H20FN3O5S2. The standard InChI is InChI=1S/C22H20FN3O5S2/c23-17-5-9-20(10-6-17)33(30,31)26-14-16-4-2-1-3-15(16)13-21(26)22(27)25-18-7-11-19(12-8-18)32(24,28)29/h1-12,21H,13-14H2,(H,25,27)(H2,24,28,29). The Kier molecular flexibility index (Phi) is 6.06. The molecule has 0 radical (unpaired) electrons. The molecule has 1 unspecified atom stereocenters. The van der Waals surface area contributed by atoms with Gasteiger partial charge in [0, 0.05) is 12.2 Å². The third-order valence-electron chi connectivity index (χ3n) is 5.38. The molecule has 0 saturated carbocycles. The summed E-state index contributed by atoms with van der Waals surface area (Å²) in [6, 6.07) is 15.8. The van der Waals surface area contributed by atoms with Crippen LogP contribution in [0.2, 0.25) is 0 Å². The van der Waals surface area contributed by atoms with Gasteiger partial charge >= 0.3 is 0 Å². The number of fused-ring (bicyclic) bond motifs is 1. The summed E-state index contributed by atoms with van der Waals surface area (Å²) in [6.45, 7) is -0.0294. The van der Waals surface area contributed by atoms with Crippen LogP contribution >= 0.6 is 0 Å². The number of amides is 1. The summed E-state index contributed by atoms with van der Waals surface area (Å²) in [4.78, 5) is 12.9. The van der Waals surface area contributed by atoms with Crippen LogP contribution in [0.25, 0.3) is 0 Å². The number of nitrogens with two attached hydrogens (primary N) is 1. The van der Waals surface area contributed by atoms with Crippen molar-refractivity contribution in [3.63, 3.8) is 0 Å². The molecule has 1 amide bonds. The molecule has 3 aromatic rings. The minimum Gasteiger partial charge on any atom is -0.325 e. The number of halogens is 1. The summed E-state index contributed by atoms with van der Waals surface area (Å²) in [5, 5.41) is 7.73. The number of benzene rings is 3. The number of primary sulfonamides is 1. The van der Waals surface area contributed by atoms with Gasteiger partial charge in [-0.2, -0.15) is 4.31 Å². The third-order valence-corrected chi connectivity index (χ3v) is 8.18. The highest BCUT2D eigenvalue weighted by molar-refractivity contribution is 7.89. The Labute approximate surface area is 190 Å². The Bertz CT molecular complexity index is 1410. The van der Waals surface area contributed by atoms with Crippen LogP contribution in [0.15, 0.2) is 82.6 Å². The lowest BCUT2D eigenvalue weighted by Crippen LogP contribution is -2.50. The van der Waals surface area contributed by atoms with Crippen molar-refractivity contribution in [1.82, 2.24) is 4.31 Å². The fraction of sp³-hybridized carbons (Fsp3) is 0.136. The van der Waals surface area contributed by atoms with E-state index >= 15 is 0 Å². The molecule has 1 heterocycles. The molecular weight excluding hydrogens is 469 g/mol. The van der Waals surface area contributed by atoms with Gasteiger partial charge in [-0.25, -0.2) is 26.4 Å². The first-order valence-electron chi connectivity index (χ1n) is 9.83. The molecule has 0 spiro atoms. The van der Waals surface area contributed by atoms with Gasteiger partial charge in [0.15, 0.2) is 0 Å². The van der Waals surface area contributed by atoms with Crippen molar-refractivity contribution in [1.29, 1.82) is 0 Å². The Balaban J connectivity index is 1.67. The van der Waals surface area contributed by atoms with E-state index < -0.39 is 37.8 Å². The molecule has 0 fully saturated rings. The van der Waals surface area contributed by atoms with Crippen LogP contribution in [0.3, 0.4) is 0 Å². The number of anilines is 1. The first-order chi connectivity index (χ1) is 15.6. The molecule has 0 bridgehead atoms. The Morgan fingerprint density at radius 1 is 0.879 bits per heavy atom. The van der Waals surface area contributed by atoms with Gasteiger partial charge < -0.3 is 5.32 Å². The number of carbonyl (C=O) groups excluding carboxylic acids is 1. The normalized spacial score (nSPS) is 16.7. The lowest BCUT2D eigenvalue weighted by Gasteiger charge is -2.35. The second-order valence-corrected chi connectivity index (χ2v) is 11.0. The number of sulfonamides is 2. The first-order valence-corrected chi connectivity index (χ1v) is 12.8. The zero-order valence-electron chi connectivity index (χ0n) is 17.2. The molecule has 4 rings (SSSR count). The molecule has 33 heavy (non-hydrogen) atoms. The van der Waals surface area contributed by atoms with E-state index in [0.717, 1.165) is 39.7 Å². The van der Waals surface area contributed by atoms with Crippen molar-refractivity contribution in [2.75, 3.05) is 5.32 Å². The van der Waals surface area contributed by atoms with E-state index in [0.29, 0.717) is 0 Å². The quantitative estimate of drug-likeness (QED) is 0.568. The lowest BCUT2D eigenvalue weighted by molar-refractivity contribution is -0.120. The zero-order valence-corrected chi connectivity index (χ0v) is 18.8. The van der Waals surface area contributed by atoms with Gasteiger partial charge in [-0.15, -0.1) is 0 Å². The number of rotatable bonds is 5. The molecule has 0 aromatic heterocycles. The molecule has 3 aromatic carbocycles. The minimum atomic E-state index is -4.12. The largest absolute Gasteiger partial charge is 0.325 e. The van der Waals surface area contributed by atoms with Crippen LogP contribution in [0.1, 0.15) is 11.1 Å². The maximum atomic E-state index is 13.4. The molecule has 3 N–H and O–H groups in total. The second kappa shape index (κ2) is 8.67. The maximum Gasteiger partial charge on any atom is 0.244 e. The molecule has 11 heteroatoms. The zero-order chi connectivity index (χ0) is 23.8. The fourth-order valence-corrected chi connectivity index (χ4v) is 5.75. The van der Waals surface area contributed by atoms with Crippen LogP contribution in [0.4, 0.5) is 10.1 Å². The van der Waals surface area contributed by atoms with Gasteiger partial charge in [0.05, 0.1) is 9.79 Å². The molecule has 1 aliphatic rings. The van der Waals surface area contributed by atoms with Crippen molar-refractivity contribution in [3.05, 3.63) is 89.7 Å². The van der Waals surface area contributed by atoms with Crippen molar-refractivity contribution >= 4 is 31.6 Å². The second-order valence-electron chi connectivity index (χ2n) is 7.55. The van der Waals surface area contributed by atoms with Crippen molar-refractivity contribution < 1.29 is 26.0 Å². The Hall–Kier alpha value is -3.12. The van der Waals surface area contributed by atoms with Crippen LogP contribution in [0, 0.1) is 5.82 Å². The highest BCUT2D eigenvalue weighted by atomic mass is 32.2. The summed E-state index contributed by atoms with van der Waals surface area (Å²) in [7, 11) is -8.01. The number of carbonyl (C=O) groups is 1. The monoisotopic (exact) mass is 489 g/mol. The third kappa shape index (κ3) is 4.81. The predicted octanol–water partition coefficient (Wildman–Crippen LogP) is 2.23. The molecule has 0 aliphatic carbocycles. The van der Waals surface area contributed by atoms with Crippen LogP contribution in [0.5, 0.6) is 0 Å². The summed E-state index contributed by atoms with van der Waals surface area (Å²) < 4.78 is 64.1. The van der Waals surface area contributed by atoms with Crippen LogP contribution in [-0.4, -0.2) is 33.1 Å². The maximum absolute atomic E-state index is 13.4. The Morgan fingerprint density at radius 3 is 2.06 bits per heavy atom. The average molecular weight is 490 g/mol. The lowest BCUT2D eigenvalue weighted by atomic mass is 9.95. The number of hydrogen-bond acceptors (Lipinski definition) is 5. The van der Waals surface area contributed by atoms with Gasteiger partial charge in [-0.05, 0) is 66.1 Å².